The lowest BCUT2D eigenvalue weighted by Gasteiger charge is -2.05. The van der Waals surface area contributed by atoms with Crippen LogP contribution in [0.2, 0.25) is 0 Å². The van der Waals surface area contributed by atoms with Gasteiger partial charge in [0.05, 0.1) is 16.4 Å². The summed E-state index contributed by atoms with van der Waals surface area (Å²) in [5.74, 6) is 0.448. The number of halogens is 2. The topological polar surface area (TPSA) is 69.6 Å². The quantitative estimate of drug-likeness (QED) is 0.773. The molecule has 3 rings (SSSR count). The van der Waals surface area contributed by atoms with Crippen LogP contribution >= 0.6 is 15.9 Å². The Morgan fingerprint density at radius 2 is 2.00 bits per heavy atom. The predicted octanol–water partition coefficient (Wildman–Crippen LogP) is 3.03. The van der Waals surface area contributed by atoms with E-state index in [2.05, 4.69) is 31.0 Å². The lowest BCUT2D eigenvalue weighted by molar-refractivity contribution is 0.621. The number of benzene rings is 1. The summed E-state index contributed by atoms with van der Waals surface area (Å²) in [4.78, 5) is 8.67. The van der Waals surface area contributed by atoms with Crippen molar-refractivity contribution in [2.45, 2.75) is 0 Å². The molecule has 7 heteroatoms. The van der Waals surface area contributed by atoms with Gasteiger partial charge in [-0.25, -0.2) is 14.4 Å². The molecule has 0 aliphatic heterocycles. The molecule has 2 aromatic heterocycles. The zero-order valence-electron chi connectivity index (χ0n) is 11.1. The molecule has 0 aliphatic rings. The van der Waals surface area contributed by atoms with Gasteiger partial charge in [0.1, 0.15) is 11.6 Å². The van der Waals surface area contributed by atoms with E-state index in [1.54, 1.807) is 29.1 Å². The molecule has 2 N–H and O–H groups in total. The van der Waals surface area contributed by atoms with Crippen molar-refractivity contribution in [1.29, 1.82) is 0 Å². The molecule has 0 aliphatic carbocycles. The van der Waals surface area contributed by atoms with Crippen molar-refractivity contribution in [1.82, 2.24) is 19.7 Å². The largest absolute Gasteiger partial charge is 0.384 e. The molecule has 2 heterocycles. The van der Waals surface area contributed by atoms with Crippen LogP contribution in [0, 0.1) is 5.82 Å². The summed E-state index contributed by atoms with van der Waals surface area (Å²) < 4.78 is 15.4. The number of nitrogens with two attached hydrogens (primary N) is 1. The van der Waals surface area contributed by atoms with Crippen LogP contribution in [0.3, 0.4) is 0 Å². The molecule has 0 saturated heterocycles. The molecular weight excluding hydrogens is 337 g/mol. The molecule has 0 amide bonds. The fourth-order valence-corrected chi connectivity index (χ4v) is 2.31. The van der Waals surface area contributed by atoms with Crippen LogP contribution < -0.4 is 5.73 Å². The number of nitrogen functional groups attached to an aromatic ring is 1. The Labute approximate surface area is 128 Å². The third kappa shape index (κ3) is 2.78. The lowest BCUT2D eigenvalue weighted by atomic mass is 10.2. The van der Waals surface area contributed by atoms with Gasteiger partial charge in [-0.15, -0.1) is 0 Å². The van der Waals surface area contributed by atoms with E-state index in [-0.39, 0.29) is 5.82 Å². The molecule has 0 saturated carbocycles. The predicted molar refractivity (Wildman–Crippen MR) is 81.7 cm³/mol. The van der Waals surface area contributed by atoms with Crippen LogP contribution in [-0.4, -0.2) is 19.7 Å². The Hall–Kier alpha value is -2.28. The van der Waals surface area contributed by atoms with E-state index < -0.39 is 0 Å². The van der Waals surface area contributed by atoms with Gasteiger partial charge in [-0.1, -0.05) is 0 Å². The van der Waals surface area contributed by atoms with Gasteiger partial charge in [0.25, 0.3) is 0 Å². The molecule has 0 unspecified atom stereocenters. The zero-order valence-corrected chi connectivity index (χ0v) is 12.7. The first-order chi connectivity index (χ1) is 10.0. The molecule has 0 bridgehead atoms. The van der Waals surface area contributed by atoms with E-state index >= 15 is 0 Å². The van der Waals surface area contributed by atoms with Crippen LogP contribution in [0.25, 0.3) is 22.6 Å². The third-order valence-corrected chi connectivity index (χ3v) is 3.53. The smallest absolute Gasteiger partial charge is 0.162 e. The summed E-state index contributed by atoms with van der Waals surface area (Å²) in [5, 5.41) is 4.11. The minimum Gasteiger partial charge on any atom is -0.384 e. The van der Waals surface area contributed by atoms with E-state index in [1.165, 1.54) is 6.07 Å². The SMILES string of the molecule is Cn1cc(-c2cc(N)nc(-c3ccc(F)c(Br)c3)n2)cn1. The highest BCUT2D eigenvalue weighted by atomic mass is 79.9. The molecule has 0 atom stereocenters. The first kappa shape index (κ1) is 13.7. The molecule has 106 valence electrons. The molecule has 5 nitrogen and oxygen atoms in total. The van der Waals surface area contributed by atoms with Crippen LogP contribution in [0.1, 0.15) is 0 Å². The average molecular weight is 348 g/mol. The van der Waals surface area contributed by atoms with E-state index in [4.69, 9.17) is 5.73 Å². The van der Waals surface area contributed by atoms with Crippen molar-refractivity contribution >= 4 is 21.7 Å². The van der Waals surface area contributed by atoms with Gasteiger partial charge in [0.2, 0.25) is 0 Å². The Morgan fingerprint density at radius 3 is 2.67 bits per heavy atom. The maximum absolute atomic E-state index is 13.3. The zero-order chi connectivity index (χ0) is 15.0. The van der Waals surface area contributed by atoms with E-state index in [0.29, 0.717) is 27.4 Å². The molecule has 0 fully saturated rings. The van der Waals surface area contributed by atoms with E-state index in [9.17, 15) is 4.39 Å². The fraction of sp³-hybridized carbons (Fsp3) is 0.0714. The highest BCUT2D eigenvalue weighted by Gasteiger charge is 2.10. The summed E-state index contributed by atoms with van der Waals surface area (Å²) in [6, 6.07) is 6.27. The number of aromatic nitrogens is 4. The Balaban J connectivity index is 2.11. The minimum atomic E-state index is -0.338. The summed E-state index contributed by atoms with van der Waals surface area (Å²) in [7, 11) is 1.83. The lowest BCUT2D eigenvalue weighted by Crippen LogP contribution is -1.98. The Kier molecular flexibility index (Phi) is 3.42. The average Bonchev–Trinajstić information content (AvgIpc) is 2.88. The van der Waals surface area contributed by atoms with Gasteiger partial charge in [-0.3, -0.25) is 4.68 Å². The second-order valence-electron chi connectivity index (χ2n) is 4.53. The first-order valence-corrected chi connectivity index (χ1v) is 6.91. The summed E-state index contributed by atoms with van der Waals surface area (Å²) in [6.45, 7) is 0. The fourth-order valence-electron chi connectivity index (χ4n) is 1.93. The summed E-state index contributed by atoms with van der Waals surface area (Å²) in [5.41, 5.74) is 8.04. The molecule has 21 heavy (non-hydrogen) atoms. The number of hydrogen-bond acceptors (Lipinski definition) is 4. The second-order valence-corrected chi connectivity index (χ2v) is 5.39. The highest BCUT2D eigenvalue weighted by molar-refractivity contribution is 9.10. The van der Waals surface area contributed by atoms with Crippen molar-refractivity contribution < 1.29 is 4.39 Å². The van der Waals surface area contributed by atoms with Crippen molar-refractivity contribution in [3.63, 3.8) is 0 Å². The number of anilines is 1. The van der Waals surface area contributed by atoms with Gasteiger partial charge >= 0.3 is 0 Å². The first-order valence-electron chi connectivity index (χ1n) is 6.12. The standard InChI is InChI=1S/C14H11BrFN5/c1-21-7-9(6-18-21)12-5-13(17)20-14(19-12)8-2-3-11(16)10(15)4-8/h2-7H,1H3,(H2,17,19,20). The maximum atomic E-state index is 13.3. The molecule has 0 spiro atoms. The molecule has 0 radical (unpaired) electrons. The van der Waals surface area contributed by atoms with Gasteiger partial charge in [0.15, 0.2) is 5.82 Å². The number of nitrogens with zero attached hydrogens (tertiary/aromatic N) is 4. The Morgan fingerprint density at radius 1 is 1.19 bits per heavy atom. The number of hydrogen-bond donors (Lipinski definition) is 1. The van der Waals surface area contributed by atoms with Crippen LogP contribution in [0.4, 0.5) is 10.2 Å². The van der Waals surface area contributed by atoms with Crippen LogP contribution in [0.5, 0.6) is 0 Å². The normalized spacial score (nSPS) is 10.8. The number of rotatable bonds is 2. The van der Waals surface area contributed by atoms with Crippen molar-refractivity contribution in [2.24, 2.45) is 7.05 Å². The van der Waals surface area contributed by atoms with E-state index in [0.717, 1.165) is 5.56 Å². The van der Waals surface area contributed by atoms with Gasteiger partial charge in [-0.2, -0.15) is 5.10 Å². The van der Waals surface area contributed by atoms with Gasteiger partial charge in [0, 0.05) is 30.4 Å². The summed E-state index contributed by atoms with van der Waals surface area (Å²) in [6.07, 6.45) is 3.54. The molecular formula is C14H11BrFN5. The minimum absolute atomic E-state index is 0.338. The second kappa shape index (κ2) is 5.25. The van der Waals surface area contributed by atoms with Crippen LogP contribution in [0.15, 0.2) is 41.1 Å². The maximum Gasteiger partial charge on any atom is 0.162 e. The van der Waals surface area contributed by atoms with Crippen LogP contribution in [-0.2, 0) is 7.05 Å². The number of aryl methyl sites for hydroxylation is 1. The van der Waals surface area contributed by atoms with Crippen molar-refractivity contribution in [3.8, 4) is 22.6 Å². The summed E-state index contributed by atoms with van der Waals surface area (Å²) >= 11 is 3.15. The molecule has 1 aromatic carbocycles. The van der Waals surface area contributed by atoms with Crippen molar-refractivity contribution in [3.05, 3.63) is 46.9 Å². The third-order valence-electron chi connectivity index (χ3n) is 2.92. The van der Waals surface area contributed by atoms with Crippen molar-refractivity contribution in [2.75, 3.05) is 5.73 Å². The molecule has 3 aromatic rings. The van der Waals surface area contributed by atoms with Gasteiger partial charge < -0.3 is 5.73 Å². The monoisotopic (exact) mass is 347 g/mol. The highest BCUT2D eigenvalue weighted by Crippen LogP contribution is 2.26. The van der Waals surface area contributed by atoms with E-state index in [1.807, 2.05) is 13.2 Å². The Bertz CT molecular complexity index is 815. The van der Waals surface area contributed by atoms with Gasteiger partial charge in [-0.05, 0) is 34.1 Å².